The fourth-order valence-corrected chi connectivity index (χ4v) is 4.46. The Hall–Kier alpha value is -0.300. The van der Waals surface area contributed by atoms with Crippen LogP contribution in [0.3, 0.4) is 0 Å². The Morgan fingerprint density at radius 2 is 2.07 bits per heavy atom. The van der Waals surface area contributed by atoms with Gasteiger partial charge in [0.1, 0.15) is 0 Å². The molecule has 0 N–H and O–H groups in total. The van der Waals surface area contributed by atoms with E-state index in [2.05, 4.69) is 26.0 Å². The van der Waals surface area contributed by atoms with Gasteiger partial charge < -0.3 is 4.74 Å². The van der Waals surface area contributed by atoms with E-state index in [-0.39, 0.29) is 5.60 Å². The van der Waals surface area contributed by atoms with Gasteiger partial charge in [-0.3, -0.25) is 0 Å². The van der Waals surface area contributed by atoms with Crippen molar-refractivity contribution in [2.75, 3.05) is 6.61 Å². The van der Waals surface area contributed by atoms with E-state index in [9.17, 15) is 0 Å². The highest BCUT2D eigenvalue weighted by molar-refractivity contribution is 5.11. The molecule has 0 amide bonds. The molecule has 2 aliphatic carbocycles. The molecular weight excluding hydrogens is 184 g/mol. The summed E-state index contributed by atoms with van der Waals surface area (Å²) in [5, 5.41) is 0. The molecule has 1 heteroatoms. The number of allylic oxidation sites excluding steroid dienone is 2. The largest absolute Gasteiger partial charge is 0.375 e. The first kappa shape index (κ1) is 9.89. The van der Waals surface area contributed by atoms with E-state index in [0.29, 0.717) is 5.41 Å². The fraction of sp³-hybridized carbons (Fsp3) is 0.857. The van der Waals surface area contributed by atoms with Gasteiger partial charge in [-0.2, -0.15) is 0 Å². The molecule has 0 spiro atoms. The molecule has 2 fully saturated rings. The van der Waals surface area contributed by atoms with Crippen LogP contribution in [-0.4, -0.2) is 12.2 Å². The van der Waals surface area contributed by atoms with Crippen LogP contribution in [0, 0.1) is 17.3 Å². The summed E-state index contributed by atoms with van der Waals surface area (Å²) in [6.07, 6.45) is 11.3. The van der Waals surface area contributed by atoms with Crippen LogP contribution in [0.4, 0.5) is 0 Å². The summed E-state index contributed by atoms with van der Waals surface area (Å²) >= 11 is 0. The van der Waals surface area contributed by atoms with Gasteiger partial charge in [0.25, 0.3) is 0 Å². The van der Waals surface area contributed by atoms with E-state index in [1.807, 2.05) is 0 Å². The van der Waals surface area contributed by atoms with Crippen molar-refractivity contribution in [3.05, 3.63) is 12.2 Å². The molecule has 0 bridgehead atoms. The number of hydrogen-bond acceptors (Lipinski definition) is 1. The van der Waals surface area contributed by atoms with E-state index >= 15 is 0 Å². The second-order valence-corrected chi connectivity index (χ2v) is 6.16. The molecule has 0 aromatic rings. The molecular formula is C14H22O. The SMILES string of the molecule is C[C@]12CC=CC[C@@H]1CC[C@@]1(C)OCC[C@H]21. The highest BCUT2D eigenvalue weighted by atomic mass is 16.5. The quantitative estimate of drug-likeness (QED) is 0.551. The summed E-state index contributed by atoms with van der Waals surface area (Å²) in [5.74, 6) is 1.72. The van der Waals surface area contributed by atoms with Crippen LogP contribution in [0.25, 0.3) is 0 Å². The van der Waals surface area contributed by atoms with Crippen molar-refractivity contribution in [2.45, 2.75) is 51.6 Å². The number of fused-ring (bicyclic) bond motifs is 3. The minimum Gasteiger partial charge on any atom is -0.375 e. The van der Waals surface area contributed by atoms with Crippen molar-refractivity contribution >= 4 is 0 Å². The van der Waals surface area contributed by atoms with Crippen LogP contribution >= 0.6 is 0 Å². The predicted octanol–water partition coefficient (Wildman–Crippen LogP) is 3.55. The van der Waals surface area contributed by atoms with E-state index in [1.165, 1.54) is 32.1 Å². The highest BCUT2D eigenvalue weighted by Gasteiger charge is 2.55. The highest BCUT2D eigenvalue weighted by Crippen LogP contribution is 2.59. The maximum absolute atomic E-state index is 6.03. The molecule has 3 aliphatic rings. The van der Waals surface area contributed by atoms with Crippen molar-refractivity contribution < 1.29 is 4.74 Å². The lowest BCUT2D eigenvalue weighted by atomic mass is 9.52. The minimum absolute atomic E-state index is 0.205. The second kappa shape index (κ2) is 3.10. The number of hydrogen-bond donors (Lipinski definition) is 0. The van der Waals surface area contributed by atoms with E-state index < -0.39 is 0 Å². The van der Waals surface area contributed by atoms with E-state index in [1.54, 1.807) is 0 Å². The molecule has 4 atom stereocenters. The van der Waals surface area contributed by atoms with Crippen LogP contribution in [0.5, 0.6) is 0 Å². The molecule has 0 aromatic heterocycles. The van der Waals surface area contributed by atoms with Gasteiger partial charge >= 0.3 is 0 Å². The summed E-state index contributed by atoms with van der Waals surface area (Å²) in [4.78, 5) is 0. The van der Waals surface area contributed by atoms with Crippen LogP contribution in [0.2, 0.25) is 0 Å². The molecule has 0 unspecified atom stereocenters. The van der Waals surface area contributed by atoms with Crippen LogP contribution < -0.4 is 0 Å². The first-order valence-electron chi connectivity index (χ1n) is 6.44. The number of ether oxygens (including phenoxy) is 1. The molecule has 1 saturated heterocycles. The molecule has 1 saturated carbocycles. The topological polar surface area (TPSA) is 9.23 Å². The van der Waals surface area contributed by atoms with Crippen LogP contribution in [0.15, 0.2) is 12.2 Å². The average Bonchev–Trinajstić information content (AvgIpc) is 2.61. The van der Waals surface area contributed by atoms with Crippen molar-refractivity contribution in [1.29, 1.82) is 0 Å². The van der Waals surface area contributed by atoms with Gasteiger partial charge in [0, 0.05) is 6.61 Å². The predicted molar refractivity (Wildman–Crippen MR) is 61.7 cm³/mol. The summed E-state index contributed by atoms with van der Waals surface area (Å²) in [5.41, 5.74) is 0.731. The van der Waals surface area contributed by atoms with E-state index in [0.717, 1.165) is 18.4 Å². The maximum Gasteiger partial charge on any atom is 0.0688 e. The summed E-state index contributed by atoms with van der Waals surface area (Å²) in [6, 6.07) is 0. The van der Waals surface area contributed by atoms with Gasteiger partial charge in [-0.15, -0.1) is 0 Å². The normalized spacial score (nSPS) is 53.7. The first-order chi connectivity index (χ1) is 7.15. The molecule has 15 heavy (non-hydrogen) atoms. The fourth-order valence-electron chi connectivity index (χ4n) is 4.46. The number of rotatable bonds is 0. The van der Waals surface area contributed by atoms with Crippen molar-refractivity contribution in [3.63, 3.8) is 0 Å². The smallest absolute Gasteiger partial charge is 0.0688 e. The van der Waals surface area contributed by atoms with E-state index in [4.69, 9.17) is 4.74 Å². The van der Waals surface area contributed by atoms with Gasteiger partial charge in [0.2, 0.25) is 0 Å². The molecule has 84 valence electrons. The first-order valence-corrected chi connectivity index (χ1v) is 6.44. The lowest BCUT2D eigenvalue weighted by molar-refractivity contribution is -0.102. The van der Waals surface area contributed by atoms with Gasteiger partial charge in [0.05, 0.1) is 5.60 Å². The molecule has 1 heterocycles. The lowest BCUT2D eigenvalue weighted by Crippen LogP contribution is -2.50. The zero-order valence-corrected chi connectivity index (χ0v) is 9.96. The van der Waals surface area contributed by atoms with Crippen molar-refractivity contribution in [2.24, 2.45) is 17.3 Å². The second-order valence-electron chi connectivity index (χ2n) is 6.16. The zero-order valence-electron chi connectivity index (χ0n) is 9.96. The molecule has 3 rings (SSSR count). The van der Waals surface area contributed by atoms with Gasteiger partial charge in [-0.1, -0.05) is 19.1 Å². The van der Waals surface area contributed by atoms with Crippen molar-refractivity contribution in [3.8, 4) is 0 Å². The summed E-state index contributed by atoms with van der Waals surface area (Å²) in [7, 11) is 0. The summed E-state index contributed by atoms with van der Waals surface area (Å²) in [6.45, 7) is 5.86. The Balaban J connectivity index is 1.97. The van der Waals surface area contributed by atoms with Gasteiger partial charge in [-0.25, -0.2) is 0 Å². The monoisotopic (exact) mass is 206 g/mol. The Labute approximate surface area is 92.9 Å². The molecule has 0 aromatic carbocycles. The minimum atomic E-state index is 0.205. The Morgan fingerprint density at radius 3 is 2.93 bits per heavy atom. The third-order valence-corrected chi connectivity index (χ3v) is 5.44. The molecule has 0 radical (unpaired) electrons. The summed E-state index contributed by atoms with van der Waals surface area (Å²) < 4.78 is 6.03. The Kier molecular flexibility index (Phi) is 2.04. The third-order valence-electron chi connectivity index (χ3n) is 5.44. The Morgan fingerprint density at radius 1 is 1.20 bits per heavy atom. The lowest BCUT2D eigenvalue weighted by Gasteiger charge is -2.53. The van der Waals surface area contributed by atoms with Gasteiger partial charge in [0.15, 0.2) is 0 Å². The standard InChI is InChI=1S/C14H22O/c1-13-8-4-3-5-11(13)6-9-14(2)12(13)7-10-15-14/h3-4,11-12H,5-10H2,1-2H3/t11-,12-,13+,14-/m1/s1. The van der Waals surface area contributed by atoms with Crippen LogP contribution in [-0.2, 0) is 4.74 Å². The maximum atomic E-state index is 6.03. The molecule has 1 aliphatic heterocycles. The van der Waals surface area contributed by atoms with Crippen LogP contribution in [0.1, 0.15) is 46.0 Å². The molecule has 1 nitrogen and oxygen atoms in total. The van der Waals surface area contributed by atoms with Crippen molar-refractivity contribution in [1.82, 2.24) is 0 Å². The third kappa shape index (κ3) is 1.25. The Bertz CT molecular complexity index is 296. The zero-order chi connectivity index (χ0) is 10.5. The average molecular weight is 206 g/mol. The van der Waals surface area contributed by atoms with Gasteiger partial charge in [-0.05, 0) is 56.3 Å².